The minimum absolute atomic E-state index is 0.0332. The molecule has 2 aromatic carbocycles. The molecule has 0 heterocycles. The predicted molar refractivity (Wildman–Crippen MR) is 122 cm³/mol. The average molecular weight is 424 g/mol. The third-order valence-corrected chi connectivity index (χ3v) is 7.80. The number of amides is 1. The highest BCUT2D eigenvalue weighted by molar-refractivity contribution is 6.06. The molecule has 2 aliphatic rings. The van der Waals surface area contributed by atoms with E-state index in [-0.39, 0.29) is 22.8 Å². The molecule has 2 aliphatic carbocycles. The maximum atomic E-state index is 13.1. The molecule has 1 amide bonds. The largest absolute Gasteiger partial charge is 0.497 e. The summed E-state index contributed by atoms with van der Waals surface area (Å²) in [5.74, 6) is 1.54. The molecule has 166 valence electrons. The molecule has 5 nitrogen and oxygen atoms in total. The fourth-order valence-electron chi connectivity index (χ4n) is 5.93. The van der Waals surface area contributed by atoms with Crippen LogP contribution in [0.25, 0.3) is 0 Å². The maximum Gasteiger partial charge on any atom is 0.259 e. The molecular formula is C26H33NO4. The summed E-state index contributed by atoms with van der Waals surface area (Å²) in [6.45, 7) is 6.71. The van der Waals surface area contributed by atoms with E-state index in [9.17, 15) is 9.90 Å². The Kier molecular flexibility index (Phi) is 5.50. The summed E-state index contributed by atoms with van der Waals surface area (Å²) in [5, 5.41) is 13.6. The van der Waals surface area contributed by atoms with E-state index in [1.807, 2.05) is 30.3 Å². The van der Waals surface area contributed by atoms with Crippen LogP contribution in [0.5, 0.6) is 11.5 Å². The third-order valence-electron chi connectivity index (χ3n) is 7.80. The molecule has 4 rings (SSSR count). The SMILES string of the molecule is COc1ccc(NC(=O)c2cc3c(cc2OC)[C@]2(C)CC[C@@H](O)C(C)(C)[C@H]2CC3)cc1. The molecule has 3 atom stereocenters. The number of ether oxygens (including phenoxy) is 2. The van der Waals surface area contributed by atoms with Crippen LogP contribution in [0.3, 0.4) is 0 Å². The van der Waals surface area contributed by atoms with Crippen molar-refractivity contribution in [1.29, 1.82) is 0 Å². The number of nitrogens with one attached hydrogen (secondary N) is 1. The Hall–Kier alpha value is -2.53. The maximum absolute atomic E-state index is 13.1. The van der Waals surface area contributed by atoms with Crippen molar-refractivity contribution < 1.29 is 19.4 Å². The van der Waals surface area contributed by atoms with Crippen LogP contribution in [0, 0.1) is 11.3 Å². The Balaban J connectivity index is 1.68. The molecule has 31 heavy (non-hydrogen) atoms. The van der Waals surface area contributed by atoms with Crippen molar-refractivity contribution in [2.24, 2.45) is 11.3 Å². The summed E-state index contributed by atoms with van der Waals surface area (Å²) in [6, 6.07) is 11.4. The standard InChI is InChI=1S/C26H33NO4/c1-25(2)22-11-6-16-14-19(24(29)27-17-7-9-18(30-4)10-8-17)21(31-5)15-20(16)26(22,3)13-12-23(25)28/h7-10,14-15,22-23,28H,6,11-13H2,1-5H3,(H,27,29)/t22-,23-,26+/m1/s1. The van der Waals surface area contributed by atoms with E-state index in [4.69, 9.17) is 9.47 Å². The number of hydrogen-bond acceptors (Lipinski definition) is 4. The number of aliphatic hydroxyl groups excluding tert-OH is 1. The lowest BCUT2D eigenvalue weighted by molar-refractivity contribution is -0.0731. The Morgan fingerprint density at radius 2 is 1.77 bits per heavy atom. The molecule has 0 spiro atoms. The molecule has 1 fully saturated rings. The van der Waals surface area contributed by atoms with Crippen molar-refractivity contribution >= 4 is 11.6 Å². The minimum atomic E-state index is -0.274. The zero-order chi connectivity index (χ0) is 22.4. The second kappa shape index (κ2) is 7.86. The first-order chi connectivity index (χ1) is 14.7. The number of carbonyl (C=O) groups is 1. The van der Waals surface area contributed by atoms with Gasteiger partial charge in [-0.2, -0.15) is 0 Å². The number of benzene rings is 2. The number of carbonyl (C=O) groups excluding carboxylic acids is 1. The second-order valence-electron chi connectivity index (χ2n) is 9.78. The Labute approximate surface area is 184 Å². The number of aliphatic hydroxyl groups is 1. The molecule has 1 saturated carbocycles. The molecule has 0 aliphatic heterocycles. The summed E-state index contributed by atoms with van der Waals surface area (Å²) in [5.41, 5.74) is 3.57. The minimum Gasteiger partial charge on any atom is -0.497 e. The quantitative estimate of drug-likeness (QED) is 0.730. The fourth-order valence-corrected chi connectivity index (χ4v) is 5.93. The van der Waals surface area contributed by atoms with Crippen LogP contribution in [0.15, 0.2) is 36.4 Å². The first-order valence-electron chi connectivity index (χ1n) is 11.1. The molecule has 0 unspecified atom stereocenters. The van der Waals surface area contributed by atoms with Gasteiger partial charge in [-0.25, -0.2) is 0 Å². The highest BCUT2D eigenvalue weighted by Gasteiger charge is 2.53. The smallest absolute Gasteiger partial charge is 0.259 e. The van der Waals surface area contributed by atoms with Crippen molar-refractivity contribution in [3.05, 3.63) is 53.1 Å². The van der Waals surface area contributed by atoms with Crippen LogP contribution in [-0.4, -0.2) is 31.3 Å². The first-order valence-corrected chi connectivity index (χ1v) is 11.1. The fraction of sp³-hybridized carbons (Fsp3) is 0.500. The van der Waals surface area contributed by atoms with Gasteiger partial charge in [0.1, 0.15) is 11.5 Å². The summed E-state index contributed by atoms with van der Waals surface area (Å²) >= 11 is 0. The summed E-state index contributed by atoms with van der Waals surface area (Å²) in [7, 11) is 3.23. The van der Waals surface area contributed by atoms with Crippen molar-refractivity contribution in [3.63, 3.8) is 0 Å². The van der Waals surface area contributed by atoms with Gasteiger partial charge in [0.05, 0.1) is 25.9 Å². The second-order valence-corrected chi connectivity index (χ2v) is 9.78. The summed E-state index contributed by atoms with van der Waals surface area (Å²) in [6.07, 6.45) is 3.37. The molecule has 0 saturated heterocycles. The summed E-state index contributed by atoms with van der Waals surface area (Å²) in [4.78, 5) is 13.1. The predicted octanol–water partition coefficient (Wildman–Crippen LogP) is 4.96. The Bertz CT molecular complexity index is 982. The van der Waals surface area contributed by atoms with E-state index in [0.717, 1.165) is 31.4 Å². The van der Waals surface area contributed by atoms with E-state index in [1.54, 1.807) is 14.2 Å². The van der Waals surface area contributed by atoms with Gasteiger partial charge in [-0.1, -0.05) is 20.8 Å². The van der Waals surface area contributed by atoms with Crippen LogP contribution in [-0.2, 0) is 11.8 Å². The van der Waals surface area contributed by atoms with Crippen LogP contribution >= 0.6 is 0 Å². The molecule has 2 N–H and O–H groups in total. The zero-order valence-electron chi connectivity index (χ0n) is 19.1. The first kappa shape index (κ1) is 21.7. The van der Waals surface area contributed by atoms with Crippen LogP contribution < -0.4 is 14.8 Å². The lowest BCUT2D eigenvalue weighted by Crippen LogP contribution is -2.53. The highest BCUT2D eigenvalue weighted by atomic mass is 16.5. The lowest BCUT2D eigenvalue weighted by atomic mass is 9.49. The van der Waals surface area contributed by atoms with Gasteiger partial charge in [0, 0.05) is 5.69 Å². The van der Waals surface area contributed by atoms with Gasteiger partial charge in [-0.15, -0.1) is 0 Å². The highest BCUT2D eigenvalue weighted by Crippen LogP contribution is 2.57. The van der Waals surface area contributed by atoms with Gasteiger partial charge in [0.2, 0.25) is 0 Å². The molecule has 5 heteroatoms. The van der Waals surface area contributed by atoms with Gasteiger partial charge in [-0.3, -0.25) is 4.79 Å². The van der Waals surface area contributed by atoms with Gasteiger partial charge in [0.15, 0.2) is 0 Å². The van der Waals surface area contributed by atoms with E-state index >= 15 is 0 Å². The van der Waals surface area contributed by atoms with Crippen LogP contribution in [0.1, 0.15) is 61.5 Å². The molecule has 0 radical (unpaired) electrons. The van der Waals surface area contributed by atoms with Crippen molar-refractivity contribution in [2.45, 2.75) is 58.0 Å². The summed E-state index contributed by atoms with van der Waals surface area (Å²) < 4.78 is 10.9. The third kappa shape index (κ3) is 3.59. The monoisotopic (exact) mass is 423 g/mol. The van der Waals surface area contributed by atoms with Gasteiger partial charge < -0.3 is 19.9 Å². The lowest BCUT2D eigenvalue weighted by Gasteiger charge is -2.56. The Morgan fingerprint density at radius 1 is 1.06 bits per heavy atom. The Morgan fingerprint density at radius 3 is 2.42 bits per heavy atom. The number of hydrogen-bond donors (Lipinski definition) is 2. The number of aryl methyl sites for hydroxylation is 1. The molecule has 2 aromatic rings. The average Bonchev–Trinajstić information content (AvgIpc) is 2.76. The zero-order valence-corrected chi connectivity index (χ0v) is 19.1. The van der Waals surface area contributed by atoms with Gasteiger partial charge in [0.25, 0.3) is 5.91 Å². The van der Waals surface area contributed by atoms with Gasteiger partial charge >= 0.3 is 0 Å². The van der Waals surface area contributed by atoms with E-state index in [0.29, 0.717) is 22.9 Å². The van der Waals surface area contributed by atoms with E-state index in [2.05, 4.69) is 32.2 Å². The number of fused-ring (bicyclic) bond motifs is 3. The normalized spacial score (nSPS) is 26.4. The number of rotatable bonds is 4. The topological polar surface area (TPSA) is 67.8 Å². The molecular weight excluding hydrogens is 390 g/mol. The molecule has 0 bridgehead atoms. The van der Waals surface area contributed by atoms with E-state index in [1.165, 1.54) is 11.1 Å². The van der Waals surface area contributed by atoms with E-state index < -0.39 is 0 Å². The van der Waals surface area contributed by atoms with Crippen molar-refractivity contribution in [2.75, 3.05) is 19.5 Å². The van der Waals surface area contributed by atoms with Gasteiger partial charge in [-0.05, 0) is 90.0 Å². The number of methoxy groups -OCH3 is 2. The van der Waals surface area contributed by atoms with Crippen molar-refractivity contribution in [1.82, 2.24) is 0 Å². The van der Waals surface area contributed by atoms with Crippen LogP contribution in [0.2, 0.25) is 0 Å². The molecule has 0 aromatic heterocycles. The van der Waals surface area contributed by atoms with Crippen molar-refractivity contribution in [3.8, 4) is 11.5 Å². The van der Waals surface area contributed by atoms with Crippen LogP contribution in [0.4, 0.5) is 5.69 Å². The number of anilines is 1.